The maximum absolute atomic E-state index is 13.2. The van der Waals surface area contributed by atoms with E-state index in [4.69, 9.17) is 0 Å². The molecule has 0 saturated carbocycles. The van der Waals surface area contributed by atoms with Crippen molar-refractivity contribution in [2.24, 2.45) is 0 Å². The standard InChI is InChI=1S/C15H21FN2O2/c1-2-18(12-5-7-17-8-6-12)10-15(20)13-9-11(16)3-4-14(13)19/h3-4,9,12,17,19H,2,5-8,10H2,1H3. The van der Waals surface area contributed by atoms with Gasteiger partial charge in [0.1, 0.15) is 11.6 Å². The molecule has 1 aliphatic rings. The van der Waals surface area contributed by atoms with Gasteiger partial charge in [0.2, 0.25) is 0 Å². The Morgan fingerprint density at radius 1 is 1.45 bits per heavy atom. The zero-order valence-corrected chi connectivity index (χ0v) is 11.7. The van der Waals surface area contributed by atoms with E-state index >= 15 is 0 Å². The molecule has 5 heteroatoms. The van der Waals surface area contributed by atoms with Crippen LogP contribution in [-0.4, -0.2) is 48.0 Å². The Morgan fingerprint density at radius 2 is 2.15 bits per heavy atom. The molecule has 0 amide bonds. The highest BCUT2D eigenvalue weighted by Gasteiger charge is 2.23. The second-order valence-corrected chi connectivity index (χ2v) is 5.13. The Bertz CT molecular complexity index is 473. The normalized spacial score (nSPS) is 16.6. The quantitative estimate of drug-likeness (QED) is 0.807. The molecule has 20 heavy (non-hydrogen) atoms. The van der Waals surface area contributed by atoms with Crippen LogP contribution in [0.25, 0.3) is 0 Å². The van der Waals surface area contributed by atoms with Gasteiger partial charge in [0, 0.05) is 6.04 Å². The Balaban J connectivity index is 2.06. The number of hydrogen-bond donors (Lipinski definition) is 2. The molecule has 0 unspecified atom stereocenters. The van der Waals surface area contributed by atoms with Gasteiger partial charge in [0.15, 0.2) is 5.78 Å². The zero-order chi connectivity index (χ0) is 14.5. The van der Waals surface area contributed by atoms with Crippen LogP contribution in [0.15, 0.2) is 18.2 Å². The smallest absolute Gasteiger partial charge is 0.180 e. The van der Waals surface area contributed by atoms with E-state index in [0.717, 1.165) is 44.6 Å². The number of likely N-dealkylation sites (N-methyl/N-ethyl adjacent to an activating group) is 1. The average molecular weight is 280 g/mol. The van der Waals surface area contributed by atoms with Crippen molar-refractivity contribution in [3.8, 4) is 5.75 Å². The van der Waals surface area contributed by atoms with Crippen LogP contribution in [0.5, 0.6) is 5.75 Å². The number of rotatable bonds is 5. The zero-order valence-electron chi connectivity index (χ0n) is 11.7. The van der Waals surface area contributed by atoms with Gasteiger partial charge in [-0.05, 0) is 50.7 Å². The van der Waals surface area contributed by atoms with Crippen LogP contribution in [0, 0.1) is 5.82 Å². The molecule has 0 aromatic heterocycles. The molecule has 1 aliphatic heterocycles. The first-order valence-corrected chi connectivity index (χ1v) is 7.08. The van der Waals surface area contributed by atoms with E-state index in [1.807, 2.05) is 6.92 Å². The number of carbonyl (C=O) groups excluding carboxylic acids is 1. The van der Waals surface area contributed by atoms with Crippen molar-refractivity contribution in [1.82, 2.24) is 10.2 Å². The molecule has 1 heterocycles. The van der Waals surface area contributed by atoms with E-state index in [2.05, 4.69) is 10.2 Å². The first-order valence-electron chi connectivity index (χ1n) is 7.08. The van der Waals surface area contributed by atoms with Crippen molar-refractivity contribution in [2.75, 3.05) is 26.2 Å². The number of halogens is 1. The highest BCUT2D eigenvalue weighted by molar-refractivity contribution is 6.00. The first kappa shape index (κ1) is 14.9. The van der Waals surface area contributed by atoms with Crippen LogP contribution in [-0.2, 0) is 0 Å². The van der Waals surface area contributed by atoms with E-state index in [0.29, 0.717) is 6.04 Å². The van der Waals surface area contributed by atoms with Gasteiger partial charge >= 0.3 is 0 Å². The molecule has 110 valence electrons. The largest absolute Gasteiger partial charge is 0.507 e. The van der Waals surface area contributed by atoms with Gasteiger partial charge in [-0.3, -0.25) is 9.69 Å². The number of nitrogens with one attached hydrogen (secondary N) is 1. The predicted octanol–water partition coefficient (Wildman–Crippen LogP) is 1.79. The van der Waals surface area contributed by atoms with Crippen LogP contribution in [0.3, 0.4) is 0 Å². The topological polar surface area (TPSA) is 52.6 Å². The average Bonchev–Trinajstić information content (AvgIpc) is 2.48. The number of hydrogen-bond acceptors (Lipinski definition) is 4. The van der Waals surface area contributed by atoms with Gasteiger partial charge in [-0.15, -0.1) is 0 Å². The summed E-state index contributed by atoms with van der Waals surface area (Å²) in [4.78, 5) is 14.4. The van der Waals surface area contributed by atoms with Crippen molar-refractivity contribution in [1.29, 1.82) is 0 Å². The van der Waals surface area contributed by atoms with E-state index in [-0.39, 0.29) is 23.6 Å². The number of Topliss-reactive ketones (excluding diaryl/α,β-unsaturated/α-hetero) is 1. The van der Waals surface area contributed by atoms with Gasteiger partial charge < -0.3 is 10.4 Å². The molecule has 0 bridgehead atoms. The van der Waals surface area contributed by atoms with E-state index in [1.54, 1.807) is 0 Å². The molecule has 4 nitrogen and oxygen atoms in total. The number of phenols is 1. The van der Waals surface area contributed by atoms with Gasteiger partial charge in [-0.25, -0.2) is 4.39 Å². The number of phenolic OH excluding ortho intramolecular Hbond substituents is 1. The fourth-order valence-electron chi connectivity index (χ4n) is 2.67. The van der Waals surface area contributed by atoms with Crippen molar-refractivity contribution < 1.29 is 14.3 Å². The minimum atomic E-state index is -0.504. The second kappa shape index (κ2) is 6.81. The maximum atomic E-state index is 13.2. The molecule has 2 N–H and O–H groups in total. The highest BCUT2D eigenvalue weighted by atomic mass is 19.1. The molecule has 1 aromatic rings. The van der Waals surface area contributed by atoms with Crippen LogP contribution >= 0.6 is 0 Å². The molecule has 0 aliphatic carbocycles. The lowest BCUT2D eigenvalue weighted by Gasteiger charge is -2.33. The lowest BCUT2D eigenvalue weighted by molar-refractivity contribution is 0.0871. The highest BCUT2D eigenvalue weighted by Crippen LogP contribution is 2.20. The molecule has 1 fully saturated rings. The molecule has 1 saturated heterocycles. The van der Waals surface area contributed by atoms with Crippen LogP contribution < -0.4 is 5.32 Å². The molecular formula is C15H21FN2O2. The summed E-state index contributed by atoms with van der Waals surface area (Å²) in [7, 11) is 0. The minimum absolute atomic E-state index is 0.0670. The summed E-state index contributed by atoms with van der Waals surface area (Å²) in [5.74, 6) is -0.892. The summed E-state index contributed by atoms with van der Waals surface area (Å²) >= 11 is 0. The van der Waals surface area contributed by atoms with Crippen molar-refractivity contribution in [2.45, 2.75) is 25.8 Å². The first-order chi connectivity index (χ1) is 9.61. The summed E-state index contributed by atoms with van der Waals surface area (Å²) in [6, 6.07) is 3.86. The fourth-order valence-corrected chi connectivity index (χ4v) is 2.67. The third kappa shape index (κ3) is 3.55. The second-order valence-electron chi connectivity index (χ2n) is 5.13. The molecular weight excluding hydrogens is 259 g/mol. The van der Waals surface area contributed by atoms with Crippen LogP contribution in [0.2, 0.25) is 0 Å². The minimum Gasteiger partial charge on any atom is -0.507 e. The third-order valence-electron chi connectivity index (χ3n) is 3.84. The monoisotopic (exact) mass is 280 g/mol. The molecule has 0 radical (unpaired) electrons. The Kier molecular flexibility index (Phi) is 5.09. The number of carbonyl (C=O) groups is 1. The van der Waals surface area contributed by atoms with Crippen LogP contribution in [0.4, 0.5) is 4.39 Å². The summed E-state index contributed by atoms with van der Waals surface area (Å²) < 4.78 is 13.2. The van der Waals surface area contributed by atoms with Crippen molar-refractivity contribution in [3.63, 3.8) is 0 Å². The summed E-state index contributed by atoms with van der Waals surface area (Å²) in [5, 5.41) is 13.0. The van der Waals surface area contributed by atoms with E-state index in [9.17, 15) is 14.3 Å². The number of nitrogens with zero attached hydrogens (tertiary/aromatic N) is 1. The van der Waals surface area contributed by atoms with Crippen molar-refractivity contribution in [3.05, 3.63) is 29.6 Å². The lowest BCUT2D eigenvalue weighted by Crippen LogP contribution is -2.45. The van der Waals surface area contributed by atoms with Gasteiger partial charge in [-0.2, -0.15) is 0 Å². The van der Waals surface area contributed by atoms with Crippen LogP contribution in [0.1, 0.15) is 30.1 Å². The number of ketones is 1. The summed E-state index contributed by atoms with van der Waals surface area (Å²) in [5.41, 5.74) is 0.0670. The van der Waals surface area contributed by atoms with Crippen molar-refractivity contribution >= 4 is 5.78 Å². The molecule has 0 atom stereocenters. The number of aromatic hydroxyl groups is 1. The fraction of sp³-hybridized carbons (Fsp3) is 0.533. The Labute approximate surface area is 118 Å². The van der Waals surface area contributed by atoms with Gasteiger partial charge in [-0.1, -0.05) is 6.92 Å². The Hall–Kier alpha value is -1.46. The number of piperidine rings is 1. The van der Waals surface area contributed by atoms with Gasteiger partial charge in [0.25, 0.3) is 0 Å². The van der Waals surface area contributed by atoms with Gasteiger partial charge in [0.05, 0.1) is 12.1 Å². The summed E-state index contributed by atoms with van der Waals surface area (Å²) in [6.45, 7) is 4.92. The maximum Gasteiger partial charge on any atom is 0.180 e. The molecule has 0 spiro atoms. The molecule has 1 aromatic carbocycles. The Morgan fingerprint density at radius 3 is 2.80 bits per heavy atom. The summed E-state index contributed by atoms with van der Waals surface area (Å²) in [6.07, 6.45) is 2.02. The SMILES string of the molecule is CCN(CC(=O)c1cc(F)ccc1O)C1CCNCC1. The third-order valence-corrected chi connectivity index (χ3v) is 3.84. The lowest BCUT2D eigenvalue weighted by atomic mass is 10.0. The number of benzene rings is 1. The van der Waals surface area contributed by atoms with E-state index < -0.39 is 5.82 Å². The molecule has 2 rings (SSSR count). The predicted molar refractivity (Wildman–Crippen MR) is 75.5 cm³/mol. The van der Waals surface area contributed by atoms with E-state index in [1.165, 1.54) is 6.07 Å².